The highest BCUT2D eigenvalue weighted by Gasteiger charge is 2.38. The predicted molar refractivity (Wildman–Crippen MR) is 159 cm³/mol. The number of rotatable bonds is 9. The Balaban J connectivity index is 0.00000160. The number of hydrogen-bond donors (Lipinski definition) is 4. The number of amides is 2. The van der Waals surface area contributed by atoms with Gasteiger partial charge >= 0.3 is 6.18 Å². The number of carbonyl (C=O) groups excluding carboxylic acids is 2. The molecule has 2 amide bonds. The van der Waals surface area contributed by atoms with Crippen LogP contribution in [0.15, 0.2) is 43.0 Å². The van der Waals surface area contributed by atoms with Crippen LogP contribution in [0.5, 0.6) is 0 Å². The van der Waals surface area contributed by atoms with E-state index in [4.69, 9.17) is 9.90 Å². The maximum Gasteiger partial charge on any atom is 0.435 e. The maximum absolute atomic E-state index is 13.7. The zero-order valence-electron chi connectivity index (χ0n) is 25.3. The Kier molecular flexibility index (Phi) is 11.1. The number of imidazole rings is 1. The number of alkyl halides is 5. The summed E-state index contributed by atoms with van der Waals surface area (Å²) in [7, 11) is 0. The van der Waals surface area contributed by atoms with Crippen molar-refractivity contribution in [3.05, 3.63) is 59.8 Å². The molecule has 4 N–H and O–H groups in total. The van der Waals surface area contributed by atoms with Crippen LogP contribution in [0.2, 0.25) is 0 Å². The van der Waals surface area contributed by atoms with E-state index in [1.54, 1.807) is 23.1 Å². The number of aryl methyl sites for hydroxylation is 1. The van der Waals surface area contributed by atoms with E-state index < -0.39 is 36.3 Å². The van der Waals surface area contributed by atoms with Gasteiger partial charge in [-0.05, 0) is 37.1 Å². The zero-order chi connectivity index (χ0) is 34.3. The molecule has 47 heavy (non-hydrogen) atoms. The fraction of sp³-hybridized carbons (Fsp3) is 0.379. The van der Waals surface area contributed by atoms with Crippen molar-refractivity contribution in [2.75, 3.05) is 31.5 Å². The molecule has 5 rings (SSSR count). The summed E-state index contributed by atoms with van der Waals surface area (Å²) in [6, 6.07) is 5.16. The van der Waals surface area contributed by atoms with Gasteiger partial charge in [-0.1, -0.05) is 6.92 Å². The summed E-state index contributed by atoms with van der Waals surface area (Å²) < 4.78 is 68.9. The smallest absolute Gasteiger partial charge is 0.435 e. The lowest BCUT2D eigenvalue weighted by Crippen LogP contribution is -2.53. The first-order valence-corrected chi connectivity index (χ1v) is 14.4. The normalized spacial score (nSPS) is 14.9. The quantitative estimate of drug-likeness (QED) is 0.155. The van der Waals surface area contributed by atoms with Crippen LogP contribution in [-0.4, -0.2) is 91.1 Å². The van der Waals surface area contributed by atoms with E-state index in [0.29, 0.717) is 47.6 Å². The fourth-order valence-electron chi connectivity index (χ4n) is 5.10. The second-order valence-corrected chi connectivity index (χ2v) is 10.4. The van der Waals surface area contributed by atoms with Gasteiger partial charge in [-0.2, -0.15) is 18.3 Å². The molecule has 1 saturated heterocycles. The lowest BCUT2D eigenvalue weighted by atomic mass is 10.0. The minimum Gasteiger partial charge on any atom is -0.483 e. The molecule has 4 heterocycles. The lowest BCUT2D eigenvalue weighted by molar-refractivity contribution is -0.141. The van der Waals surface area contributed by atoms with Gasteiger partial charge in [0.1, 0.15) is 6.54 Å². The monoisotopic (exact) mass is 665 g/mol. The van der Waals surface area contributed by atoms with Crippen LogP contribution in [0, 0.1) is 0 Å². The van der Waals surface area contributed by atoms with Crippen molar-refractivity contribution in [3.63, 3.8) is 0 Å². The van der Waals surface area contributed by atoms with Crippen molar-refractivity contribution in [1.82, 2.24) is 39.7 Å². The van der Waals surface area contributed by atoms with Crippen LogP contribution in [0.25, 0.3) is 16.9 Å². The van der Waals surface area contributed by atoms with Gasteiger partial charge in [-0.25, -0.2) is 18.7 Å². The molecule has 3 aromatic heterocycles. The summed E-state index contributed by atoms with van der Waals surface area (Å²) in [6.07, 6.45) is -2.41. The van der Waals surface area contributed by atoms with Crippen LogP contribution < -0.4 is 16.0 Å². The third-order valence-electron chi connectivity index (χ3n) is 7.17. The van der Waals surface area contributed by atoms with Crippen LogP contribution in [0.1, 0.15) is 35.5 Å². The summed E-state index contributed by atoms with van der Waals surface area (Å²) in [5.41, 5.74) is 0.0768. The van der Waals surface area contributed by atoms with Crippen LogP contribution in [-0.2, 0) is 28.7 Å². The Morgan fingerprint density at radius 3 is 2.64 bits per heavy atom. The molecule has 4 aromatic rings. The summed E-state index contributed by atoms with van der Waals surface area (Å²) >= 11 is 0. The first-order valence-electron chi connectivity index (χ1n) is 14.4. The highest BCUT2D eigenvalue weighted by atomic mass is 19.4. The molecule has 252 valence electrons. The fourth-order valence-corrected chi connectivity index (χ4v) is 5.10. The van der Waals surface area contributed by atoms with Crippen molar-refractivity contribution in [2.24, 2.45) is 0 Å². The number of benzene rings is 1. The van der Waals surface area contributed by atoms with Crippen molar-refractivity contribution < 1.29 is 41.4 Å². The second-order valence-electron chi connectivity index (χ2n) is 10.4. The molecule has 0 radical (unpaired) electrons. The molecule has 0 spiro atoms. The molecule has 1 unspecified atom stereocenters. The standard InChI is InChI=1S/C28H30F5N9O2.CH2O2/c1-3-17-10-18(4-5-19(17)27(44)37-12-23(43)40-8-6-34-16(2)13-40)38-25-26-36-11-21(42(26)9-7-35-25)20-14-41(15-22(29)30)39-24(20)28(31,32)33;2-1-3/h4-5,7,9-11,14,16,22,34H,3,6,8,12-13,15H2,1-2H3,(H,35,38)(H,37,44);1H,(H,2,3). The third kappa shape index (κ3) is 8.37. The largest absolute Gasteiger partial charge is 0.483 e. The lowest BCUT2D eigenvalue weighted by Gasteiger charge is -2.32. The Bertz CT molecular complexity index is 1720. The molecule has 1 aromatic carbocycles. The van der Waals surface area contributed by atoms with E-state index in [-0.39, 0.29) is 42.1 Å². The second kappa shape index (κ2) is 15.0. The zero-order valence-corrected chi connectivity index (χ0v) is 25.3. The number of fused-ring (bicyclic) bond motifs is 1. The highest BCUT2D eigenvalue weighted by Crippen LogP contribution is 2.37. The number of carboxylic acid groups (broad SMARTS) is 1. The average Bonchev–Trinajstić information content (AvgIpc) is 3.64. The van der Waals surface area contributed by atoms with Gasteiger partial charge in [0.15, 0.2) is 17.2 Å². The van der Waals surface area contributed by atoms with E-state index in [0.717, 1.165) is 6.20 Å². The Morgan fingerprint density at radius 2 is 1.98 bits per heavy atom. The van der Waals surface area contributed by atoms with E-state index in [9.17, 15) is 31.5 Å². The number of carbonyl (C=O) groups is 3. The minimum absolute atomic E-state index is 0.00983. The summed E-state index contributed by atoms with van der Waals surface area (Å²) in [4.78, 5) is 44.1. The van der Waals surface area contributed by atoms with E-state index in [1.807, 2.05) is 13.8 Å². The Hall–Kier alpha value is -5.13. The summed E-state index contributed by atoms with van der Waals surface area (Å²) in [6.45, 7) is 4.33. The van der Waals surface area contributed by atoms with Gasteiger partial charge in [-0.3, -0.25) is 23.5 Å². The van der Waals surface area contributed by atoms with Gasteiger partial charge in [-0.15, -0.1) is 0 Å². The van der Waals surface area contributed by atoms with Crippen molar-refractivity contribution in [3.8, 4) is 11.3 Å². The molecular formula is C29H32F5N9O4. The van der Waals surface area contributed by atoms with Crippen molar-refractivity contribution in [1.29, 1.82) is 0 Å². The molecule has 0 aliphatic carbocycles. The molecular weight excluding hydrogens is 633 g/mol. The van der Waals surface area contributed by atoms with Crippen LogP contribution in [0.4, 0.5) is 33.5 Å². The number of nitrogens with zero attached hydrogens (tertiary/aromatic N) is 6. The van der Waals surface area contributed by atoms with Gasteiger partial charge in [0, 0.05) is 55.5 Å². The molecule has 1 aliphatic rings. The molecule has 1 atom stereocenters. The number of nitrogens with one attached hydrogen (secondary N) is 3. The third-order valence-corrected chi connectivity index (χ3v) is 7.17. The van der Waals surface area contributed by atoms with Crippen LogP contribution >= 0.6 is 0 Å². The number of anilines is 2. The number of piperazine rings is 1. The highest BCUT2D eigenvalue weighted by molar-refractivity contribution is 5.98. The van der Waals surface area contributed by atoms with E-state index >= 15 is 0 Å². The van der Waals surface area contributed by atoms with Gasteiger partial charge in [0.2, 0.25) is 5.91 Å². The molecule has 13 nitrogen and oxygen atoms in total. The molecule has 0 bridgehead atoms. The maximum atomic E-state index is 13.7. The topological polar surface area (TPSA) is 159 Å². The molecule has 18 heteroatoms. The number of halogens is 5. The van der Waals surface area contributed by atoms with Crippen molar-refractivity contribution >= 4 is 35.4 Å². The molecule has 1 aliphatic heterocycles. The van der Waals surface area contributed by atoms with Crippen LogP contribution in [0.3, 0.4) is 0 Å². The SMILES string of the molecule is CCc1cc(Nc2nccn3c(-c4cn(CC(F)F)nc4C(F)(F)F)cnc23)ccc1C(=O)NCC(=O)N1CCNC(C)C1.O=CO. The van der Waals surface area contributed by atoms with Crippen molar-refractivity contribution in [2.45, 2.75) is 45.5 Å². The predicted octanol–water partition coefficient (Wildman–Crippen LogP) is 3.43. The summed E-state index contributed by atoms with van der Waals surface area (Å²) in [5.74, 6) is -0.344. The Morgan fingerprint density at radius 1 is 1.23 bits per heavy atom. The van der Waals surface area contributed by atoms with E-state index in [1.165, 1.54) is 23.0 Å². The average molecular weight is 666 g/mol. The molecule has 1 fully saturated rings. The van der Waals surface area contributed by atoms with Gasteiger partial charge < -0.3 is 26.0 Å². The minimum atomic E-state index is -4.89. The first-order chi connectivity index (χ1) is 22.4. The van der Waals surface area contributed by atoms with E-state index in [2.05, 4.69) is 31.0 Å². The number of hydrogen-bond acceptors (Lipinski definition) is 8. The van der Waals surface area contributed by atoms with Gasteiger partial charge in [0.25, 0.3) is 18.8 Å². The Labute approximate surface area is 264 Å². The first kappa shape index (κ1) is 34.7. The summed E-state index contributed by atoms with van der Waals surface area (Å²) in [5, 5.41) is 19.3. The molecule has 0 saturated carbocycles. The van der Waals surface area contributed by atoms with Gasteiger partial charge in [0.05, 0.1) is 24.0 Å². The number of aromatic nitrogens is 5.